The third kappa shape index (κ3) is 1.45. The fraction of sp³-hybridized carbons (Fsp3) is 0. The molecule has 6 heteroatoms. The second-order valence-corrected chi connectivity index (χ2v) is 2.55. The molecule has 6 nitrogen and oxygen atoms in total. The van der Waals surface area contributed by atoms with Crippen molar-refractivity contribution in [1.82, 2.24) is 19.7 Å². The SMILES string of the molecule is O=C(O)c1cn(-c2cccnn2)cn1. The van der Waals surface area contributed by atoms with Crippen LogP contribution in [0.15, 0.2) is 30.9 Å². The van der Waals surface area contributed by atoms with Crippen LogP contribution in [0, 0.1) is 0 Å². The number of carboxylic acids is 1. The number of carbonyl (C=O) groups is 1. The van der Waals surface area contributed by atoms with Gasteiger partial charge in [-0.05, 0) is 12.1 Å². The molecule has 0 aliphatic heterocycles. The summed E-state index contributed by atoms with van der Waals surface area (Å²) in [4.78, 5) is 14.2. The molecule has 0 fully saturated rings. The van der Waals surface area contributed by atoms with Gasteiger partial charge in [0.1, 0.15) is 6.33 Å². The summed E-state index contributed by atoms with van der Waals surface area (Å²) in [5.74, 6) is -0.528. The van der Waals surface area contributed by atoms with Gasteiger partial charge in [0.2, 0.25) is 0 Å². The zero-order chi connectivity index (χ0) is 9.97. The Morgan fingerprint density at radius 2 is 2.36 bits per heavy atom. The van der Waals surface area contributed by atoms with Crippen LogP contribution >= 0.6 is 0 Å². The maximum Gasteiger partial charge on any atom is 0.356 e. The minimum absolute atomic E-state index is 0.0179. The molecular formula is C8H6N4O2. The molecule has 2 rings (SSSR count). The van der Waals surface area contributed by atoms with Gasteiger partial charge in [-0.2, -0.15) is 5.10 Å². The maximum absolute atomic E-state index is 10.5. The third-order valence-corrected chi connectivity index (χ3v) is 1.62. The highest BCUT2D eigenvalue weighted by Crippen LogP contribution is 2.03. The molecule has 0 radical (unpaired) electrons. The van der Waals surface area contributed by atoms with Crippen LogP contribution in [-0.2, 0) is 0 Å². The molecule has 0 saturated carbocycles. The van der Waals surface area contributed by atoms with Crippen molar-refractivity contribution < 1.29 is 9.90 Å². The Morgan fingerprint density at radius 3 is 2.93 bits per heavy atom. The predicted octanol–water partition coefficient (Wildman–Crippen LogP) is 0.360. The highest BCUT2D eigenvalue weighted by atomic mass is 16.4. The van der Waals surface area contributed by atoms with Crippen molar-refractivity contribution in [3.8, 4) is 5.82 Å². The summed E-state index contributed by atoms with van der Waals surface area (Å²) in [5, 5.41) is 16.1. The molecule has 0 aliphatic rings. The number of hydrogen-bond acceptors (Lipinski definition) is 4. The molecule has 2 heterocycles. The van der Waals surface area contributed by atoms with Crippen molar-refractivity contribution in [2.75, 3.05) is 0 Å². The van der Waals surface area contributed by atoms with Crippen molar-refractivity contribution in [2.45, 2.75) is 0 Å². The first kappa shape index (κ1) is 8.36. The predicted molar refractivity (Wildman–Crippen MR) is 46.1 cm³/mol. The third-order valence-electron chi connectivity index (χ3n) is 1.62. The van der Waals surface area contributed by atoms with E-state index in [9.17, 15) is 4.79 Å². The van der Waals surface area contributed by atoms with Crippen molar-refractivity contribution in [3.05, 3.63) is 36.5 Å². The second kappa shape index (κ2) is 3.25. The number of carboxylic acid groups (broad SMARTS) is 1. The Labute approximate surface area is 78.9 Å². The van der Waals surface area contributed by atoms with Crippen LogP contribution in [0.1, 0.15) is 10.5 Å². The minimum atomic E-state index is -1.06. The van der Waals surface area contributed by atoms with Crippen molar-refractivity contribution in [2.24, 2.45) is 0 Å². The Morgan fingerprint density at radius 1 is 1.50 bits per heavy atom. The highest BCUT2D eigenvalue weighted by Gasteiger charge is 2.07. The van der Waals surface area contributed by atoms with Crippen LogP contribution in [0.25, 0.3) is 5.82 Å². The van der Waals surface area contributed by atoms with Gasteiger partial charge in [-0.25, -0.2) is 9.78 Å². The largest absolute Gasteiger partial charge is 0.476 e. The van der Waals surface area contributed by atoms with Crippen LogP contribution < -0.4 is 0 Å². The van der Waals surface area contributed by atoms with Gasteiger partial charge in [0.25, 0.3) is 0 Å². The van der Waals surface area contributed by atoms with E-state index in [1.807, 2.05) is 0 Å². The normalized spacial score (nSPS) is 10.0. The van der Waals surface area contributed by atoms with Crippen LogP contribution in [0.4, 0.5) is 0 Å². The number of nitrogens with zero attached hydrogens (tertiary/aromatic N) is 4. The van der Waals surface area contributed by atoms with E-state index in [0.29, 0.717) is 5.82 Å². The zero-order valence-electron chi connectivity index (χ0n) is 7.03. The van der Waals surface area contributed by atoms with E-state index >= 15 is 0 Å². The van der Waals surface area contributed by atoms with Crippen LogP contribution in [0.3, 0.4) is 0 Å². The van der Waals surface area contributed by atoms with Crippen molar-refractivity contribution in [3.63, 3.8) is 0 Å². The van der Waals surface area contributed by atoms with Gasteiger partial charge in [-0.15, -0.1) is 5.10 Å². The fourth-order valence-corrected chi connectivity index (χ4v) is 0.990. The molecular weight excluding hydrogens is 184 g/mol. The molecule has 0 saturated heterocycles. The number of aromatic nitrogens is 4. The molecule has 1 N–H and O–H groups in total. The summed E-state index contributed by atoms with van der Waals surface area (Å²) in [6.07, 6.45) is 4.30. The summed E-state index contributed by atoms with van der Waals surface area (Å²) in [5.41, 5.74) is -0.0179. The van der Waals surface area contributed by atoms with Gasteiger partial charge in [-0.3, -0.25) is 4.57 Å². The first-order valence-corrected chi connectivity index (χ1v) is 3.83. The Bertz CT molecular complexity index is 451. The maximum atomic E-state index is 10.5. The molecule has 2 aromatic heterocycles. The quantitative estimate of drug-likeness (QED) is 0.739. The molecule has 0 unspecified atom stereocenters. The summed E-state index contributed by atoms with van der Waals surface area (Å²) >= 11 is 0. The van der Waals surface area contributed by atoms with Gasteiger partial charge in [-0.1, -0.05) is 0 Å². The number of aromatic carboxylic acids is 1. The molecule has 2 aromatic rings. The minimum Gasteiger partial charge on any atom is -0.476 e. The first-order chi connectivity index (χ1) is 6.77. The molecule has 14 heavy (non-hydrogen) atoms. The van der Waals surface area contributed by atoms with Gasteiger partial charge >= 0.3 is 5.97 Å². The highest BCUT2D eigenvalue weighted by molar-refractivity contribution is 5.85. The summed E-state index contributed by atoms with van der Waals surface area (Å²) in [7, 11) is 0. The fourth-order valence-electron chi connectivity index (χ4n) is 0.990. The van der Waals surface area contributed by atoms with Crippen LogP contribution in [-0.4, -0.2) is 30.8 Å². The Kier molecular flexibility index (Phi) is 1.94. The van der Waals surface area contributed by atoms with Gasteiger partial charge in [0.05, 0.1) is 0 Å². The molecule has 0 aliphatic carbocycles. The number of hydrogen-bond donors (Lipinski definition) is 1. The van der Waals surface area contributed by atoms with E-state index in [0.717, 1.165) is 0 Å². The van der Waals surface area contributed by atoms with E-state index in [-0.39, 0.29) is 5.69 Å². The number of rotatable bonds is 2. The van der Waals surface area contributed by atoms with Crippen LogP contribution in [0.5, 0.6) is 0 Å². The molecule has 70 valence electrons. The Balaban J connectivity index is 2.39. The van der Waals surface area contributed by atoms with Crippen LogP contribution in [0.2, 0.25) is 0 Å². The summed E-state index contributed by atoms with van der Waals surface area (Å²) in [6.45, 7) is 0. The smallest absolute Gasteiger partial charge is 0.356 e. The summed E-state index contributed by atoms with van der Waals surface area (Å²) in [6, 6.07) is 3.42. The van der Waals surface area contributed by atoms with Gasteiger partial charge in [0, 0.05) is 12.4 Å². The molecule has 0 aromatic carbocycles. The molecule has 0 amide bonds. The van der Waals surface area contributed by atoms with Crippen molar-refractivity contribution in [1.29, 1.82) is 0 Å². The molecule has 0 atom stereocenters. The second-order valence-electron chi connectivity index (χ2n) is 2.55. The standard InChI is InChI=1S/C8H6N4O2/c13-8(14)6-4-12(5-9-6)7-2-1-3-10-11-7/h1-5H,(H,13,14). The lowest BCUT2D eigenvalue weighted by Crippen LogP contribution is -1.97. The average Bonchev–Trinajstić information content (AvgIpc) is 2.68. The lowest BCUT2D eigenvalue weighted by atomic mass is 10.5. The van der Waals surface area contributed by atoms with E-state index in [1.165, 1.54) is 17.1 Å². The summed E-state index contributed by atoms with van der Waals surface area (Å²) < 4.78 is 1.50. The molecule has 0 bridgehead atoms. The van der Waals surface area contributed by atoms with Gasteiger partial charge in [0.15, 0.2) is 11.5 Å². The van der Waals surface area contributed by atoms with Crippen molar-refractivity contribution >= 4 is 5.97 Å². The average molecular weight is 190 g/mol. The lowest BCUT2D eigenvalue weighted by molar-refractivity contribution is 0.0691. The first-order valence-electron chi connectivity index (χ1n) is 3.83. The van der Waals surface area contributed by atoms with E-state index in [1.54, 1.807) is 18.3 Å². The Hall–Kier alpha value is -2.24. The van der Waals surface area contributed by atoms with E-state index < -0.39 is 5.97 Å². The van der Waals surface area contributed by atoms with E-state index in [2.05, 4.69) is 15.2 Å². The van der Waals surface area contributed by atoms with Gasteiger partial charge < -0.3 is 5.11 Å². The topological polar surface area (TPSA) is 80.9 Å². The lowest BCUT2D eigenvalue weighted by Gasteiger charge is -1.96. The zero-order valence-corrected chi connectivity index (χ0v) is 7.03. The van der Waals surface area contributed by atoms with E-state index in [4.69, 9.17) is 5.11 Å². The monoisotopic (exact) mass is 190 g/mol. The molecule has 0 spiro atoms. The number of imidazole rings is 1.